The summed E-state index contributed by atoms with van der Waals surface area (Å²) < 4.78 is 5.73. The highest BCUT2D eigenvalue weighted by Gasteiger charge is 2.35. The monoisotopic (exact) mass is 246 g/mol. The number of nitrogens with zero attached hydrogens (tertiary/aromatic N) is 2. The van der Waals surface area contributed by atoms with Crippen molar-refractivity contribution in [1.29, 1.82) is 0 Å². The molecular weight excluding hydrogens is 228 g/mol. The van der Waals surface area contributed by atoms with Gasteiger partial charge in [-0.2, -0.15) is 0 Å². The Bertz CT molecular complexity index is 461. The second kappa shape index (κ2) is 4.78. The molecule has 1 aromatic heterocycles. The number of aromatic nitrogens is 1. The van der Waals surface area contributed by atoms with Gasteiger partial charge in [-0.1, -0.05) is 0 Å². The molecule has 0 N–H and O–H groups in total. The van der Waals surface area contributed by atoms with Crippen LogP contribution in [0.5, 0.6) is 0 Å². The Morgan fingerprint density at radius 2 is 2.39 bits per heavy atom. The molecule has 0 spiro atoms. The van der Waals surface area contributed by atoms with Gasteiger partial charge in [-0.3, -0.25) is 14.7 Å². The van der Waals surface area contributed by atoms with Crippen molar-refractivity contribution < 1.29 is 9.53 Å². The minimum Gasteiger partial charge on any atom is -0.367 e. The molecule has 0 radical (unpaired) electrons. The van der Waals surface area contributed by atoms with E-state index in [1.54, 1.807) is 12.4 Å². The Hall–Kier alpha value is -1.26. The lowest BCUT2D eigenvalue weighted by Crippen LogP contribution is -2.49. The predicted octanol–water partition coefficient (Wildman–Crippen LogP) is 1.44. The first-order valence-electron chi connectivity index (χ1n) is 6.55. The quantitative estimate of drug-likeness (QED) is 0.740. The molecule has 0 aromatic carbocycles. The number of morpholine rings is 1. The molecule has 0 amide bonds. The SMILES string of the molecule is Cc1cncc(C(=O)C2CN3CCCC3CO2)c1. The van der Waals surface area contributed by atoms with E-state index >= 15 is 0 Å². The van der Waals surface area contributed by atoms with Crippen molar-refractivity contribution in [2.45, 2.75) is 31.9 Å². The Morgan fingerprint density at radius 3 is 3.22 bits per heavy atom. The van der Waals surface area contributed by atoms with E-state index in [2.05, 4.69) is 9.88 Å². The number of carbonyl (C=O) groups excluding carboxylic acids is 1. The lowest BCUT2D eigenvalue weighted by Gasteiger charge is -2.34. The van der Waals surface area contributed by atoms with Crippen LogP contribution in [0, 0.1) is 6.92 Å². The Morgan fingerprint density at radius 1 is 1.50 bits per heavy atom. The molecule has 3 rings (SSSR count). The first-order chi connectivity index (χ1) is 8.74. The molecular formula is C14H18N2O2. The fraction of sp³-hybridized carbons (Fsp3) is 0.571. The minimum absolute atomic E-state index is 0.0663. The predicted molar refractivity (Wildman–Crippen MR) is 67.6 cm³/mol. The summed E-state index contributed by atoms with van der Waals surface area (Å²) in [4.78, 5) is 18.8. The second-order valence-corrected chi connectivity index (χ2v) is 5.23. The van der Waals surface area contributed by atoms with Crippen molar-refractivity contribution in [3.8, 4) is 0 Å². The summed E-state index contributed by atoms with van der Waals surface area (Å²) >= 11 is 0. The maximum Gasteiger partial charge on any atom is 0.194 e. The van der Waals surface area contributed by atoms with Crippen molar-refractivity contribution in [3.05, 3.63) is 29.6 Å². The van der Waals surface area contributed by atoms with Crippen LogP contribution in [0.15, 0.2) is 18.5 Å². The topological polar surface area (TPSA) is 42.4 Å². The van der Waals surface area contributed by atoms with Crippen LogP contribution in [-0.4, -0.2) is 47.5 Å². The van der Waals surface area contributed by atoms with Crippen LogP contribution < -0.4 is 0 Å². The van der Waals surface area contributed by atoms with Gasteiger partial charge in [0.05, 0.1) is 6.61 Å². The first-order valence-corrected chi connectivity index (χ1v) is 6.55. The number of ether oxygens (including phenoxy) is 1. The maximum atomic E-state index is 12.3. The van der Waals surface area contributed by atoms with Gasteiger partial charge in [0.1, 0.15) is 6.10 Å². The van der Waals surface area contributed by atoms with Crippen molar-refractivity contribution >= 4 is 5.78 Å². The molecule has 2 aliphatic heterocycles. The molecule has 2 fully saturated rings. The lowest BCUT2D eigenvalue weighted by atomic mass is 10.0. The number of pyridine rings is 1. The normalized spacial score (nSPS) is 28.1. The van der Waals surface area contributed by atoms with Gasteiger partial charge >= 0.3 is 0 Å². The van der Waals surface area contributed by atoms with E-state index in [0.29, 0.717) is 18.2 Å². The number of hydrogen-bond donors (Lipinski definition) is 0. The third-order valence-corrected chi connectivity index (χ3v) is 3.84. The summed E-state index contributed by atoms with van der Waals surface area (Å²) in [6.07, 6.45) is 5.50. The highest BCUT2D eigenvalue weighted by Crippen LogP contribution is 2.24. The van der Waals surface area contributed by atoms with Crippen LogP contribution in [0.4, 0.5) is 0 Å². The zero-order valence-corrected chi connectivity index (χ0v) is 10.6. The van der Waals surface area contributed by atoms with Gasteiger partial charge in [-0.25, -0.2) is 0 Å². The van der Waals surface area contributed by atoms with Gasteiger partial charge in [0.25, 0.3) is 0 Å². The number of aryl methyl sites for hydroxylation is 1. The smallest absolute Gasteiger partial charge is 0.194 e. The van der Waals surface area contributed by atoms with E-state index in [4.69, 9.17) is 4.74 Å². The fourth-order valence-electron chi connectivity index (χ4n) is 2.85. The highest BCUT2D eigenvalue weighted by molar-refractivity contribution is 5.99. The van der Waals surface area contributed by atoms with Gasteiger partial charge in [-0.05, 0) is 37.9 Å². The largest absolute Gasteiger partial charge is 0.367 e. The number of fused-ring (bicyclic) bond motifs is 1. The lowest BCUT2D eigenvalue weighted by molar-refractivity contribution is -0.0344. The van der Waals surface area contributed by atoms with Gasteiger partial charge in [0.2, 0.25) is 0 Å². The van der Waals surface area contributed by atoms with E-state index < -0.39 is 0 Å². The van der Waals surface area contributed by atoms with Gasteiger partial charge < -0.3 is 4.74 Å². The number of carbonyl (C=O) groups is 1. The highest BCUT2D eigenvalue weighted by atomic mass is 16.5. The molecule has 4 nitrogen and oxygen atoms in total. The average molecular weight is 246 g/mol. The fourth-order valence-corrected chi connectivity index (χ4v) is 2.85. The zero-order valence-electron chi connectivity index (χ0n) is 10.6. The molecule has 0 saturated carbocycles. The summed E-state index contributed by atoms with van der Waals surface area (Å²) in [6, 6.07) is 2.42. The molecule has 3 heterocycles. The Balaban J connectivity index is 1.73. The van der Waals surface area contributed by atoms with Crippen LogP contribution in [0.2, 0.25) is 0 Å². The Kier molecular flexibility index (Phi) is 3.14. The summed E-state index contributed by atoms with van der Waals surface area (Å²) in [5.41, 5.74) is 1.67. The third kappa shape index (κ3) is 2.18. The molecule has 4 heteroatoms. The van der Waals surface area contributed by atoms with Crippen molar-refractivity contribution in [3.63, 3.8) is 0 Å². The molecule has 1 aromatic rings. The summed E-state index contributed by atoms with van der Waals surface area (Å²) in [5.74, 6) is 0.0663. The van der Waals surface area contributed by atoms with Crippen molar-refractivity contribution in [2.75, 3.05) is 19.7 Å². The van der Waals surface area contributed by atoms with E-state index in [-0.39, 0.29) is 11.9 Å². The Labute approximate surface area is 107 Å². The van der Waals surface area contributed by atoms with E-state index in [1.165, 1.54) is 12.8 Å². The molecule has 18 heavy (non-hydrogen) atoms. The average Bonchev–Trinajstić information content (AvgIpc) is 2.85. The standard InChI is InChI=1S/C14H18N2O2/c1-10-5-11(7-15-6-10)14(17)13-8-16-4-2-3-12(16)9-18-13/h5-7,12-13H,2-4,8-9H2,1H3. The molecule has 0 aliphatic carbocycles. The van der Waals surface area contributed by atoms with E-state index in [1.807, 2.05) is 13.0 Å². The molecule has 2 saturated heterocycles. The van der Waals surface area contributed by atoms with Crippen LogP contribution in [0.1, 0.15) is 28.8 Å². The molecule has 2 unspecified atom stereocenters. The van der Waals surface area contributed by atoms with Crippen LogP contribution in [0.25, 0.3) is 0 Å². The van der Waals surface area contributed by atoms with Crippen LogP contribution in [0.3, 0.4) is 0 Å². The summed E-state index contributed by atoms with van der Waals surface area (Å²) in [5, 5.41) is 0. The number of hydrogen-bond acceptors (Lipinski definition) is 4. The van der Waals surface area contributed by atoms with Crippen molar-refractivity contribution in [2.24, 2.45) is 0 Å². The summed E-state index contributed by atoms with van der Waals surface area (Å²) in [6.45, 7) is 4.47. The maximum absolute atomic E-state index is 12.3. The van der Waals surface area contributed by atoms with Crippen LogP contribution >= 0.6 is 0 Å². The molecule has 96 valence electrons. The van der Waals surface area contributed by atoms with Gasteiger partial charge in [-0.15, -0.1) is 0 Å². The van der Waals surface area contributed by atoms with E-state index in [0.717, 1.165) is 18.7 Å². The molecule has 0 bridgehead atoms. The van der Waals surface area contributed by atoms with Crippen molar-refractivity contribution in [1.82, 2.24) is 9.88 Å². The molecule has 2 atom stereocenters. The third-order valence-electron chi connectivity index (χ3n) is 3.84. The molecule has 2 aliphatic rings. The number of rotatable bonds is 2. The summed E-state index contributed by atoms with van der Waals surface area (Å²) in [7, 11) is 0. The van der Waals surface area contributed by atoms with Gasteiger partial charge in [0, 0.05) is 30.5 Å². The first kappa shape index (κ1) is 11.8. The number of ketones is 1. The number of Topliss-reactive ketones (excluding diaryl/α,β-unsaturated/α-hetero) is 1. The van der Waals surface area contributed by atoms with Crippen LogP contribution in [-0.2, 0) is 4.74 Å². The second-order valence-electron chi connectivity index (χ2n) is 5.23. The van der Waals surface area contributed by atoms with Gasteiger partial charge in [0.15, 0.2) is 5.78 Å². The zero-order chi connectivity index (χ0) is 12.5. The minimum atomic E-state index is -0.317. The van der Waals surface area contributed by atoms with E-state index in [9.17, 15) is 4.79 Å².